The lowest BCUT2D eigenvalue weighted by molar-refractivity contribution is -0.137. The van der Waals surface area contributed by atoms with Gasteiger partial charge in [-0.25, -0.2) is 0 Å². The molecule has 1 amide bonds. The Bertz CT molecular complexity index is 330. The van der Waals surface area contributed by atoms with Crippen LogP contribution < -0.4 is 5.32 Å². The number of nitrogens with one attached hydrogen (secondary N) is 1. The molecule has 0 bridgehead atoms. The molecule has 2 aliphatic heterocycles. The lowest BCUT2D eigenvalue weighted by Gasteiger charge is -2.35. The van der Waals surface area contributed by atoms with Crippen LogP contribution in [-0.2, 0) is 9.53 Å². The number of likely N-dealkylation sites (tertiary alicyclic amines) is 1. The smallest absolute Gasteiger partial charge is 0.239 e. The highest BCUT2D eigenvalue weighted by Crippen LogP contribution is 2.27. The molecule has 2 heterocycles. The van der Waals surface area contributed by atoms with Gasteiger partial charge in [0.2, 0.25) is 5.91 Å². The number of hydrogen-bond acceptors (Lipinski definition) is 3. The molecule has 1 N–H and O–H groups in total. The van der Waals surface area contributed by atoms with E-state index in [-0.39, 0.29) is 6.04 Å². The van der Waals surface area contributed by atoms with Gasteiger partial charge in [-0.15, -0.1) is 0 Å². The standard InChI is InChI=1S/C15H26N2O2/c1-2-14-11(7-9-19-14)10-17-8-3-4-13(15(17)18)16-12-5-6-12/h11-14,16H,2-10H2,1H3. The first-order chi connectivity index (χ1) is 9.28. The molecule has 19 heavy (non-hydrogen) atoms. The zero-order chi connectivity index (χ0) is 13.2. The van der Waals surface area contributed by atoms with Crippen molar-refractivity contribution < 1.29 is 9.53 Å². The second-order valence-electron chi connectivity index (χ2n) is 6.29. The average molecular weight is 266 g/mol. The largest absolute Gasteiger partial charge is 0.378 e. The van der Waals surface area contributed by atoms with Crippen molar-refractivity contribution in [2.45, 2.75) is 63.6 Å². The summed E-state index contributed by atoms with van der Waals surface area (Å²) in [7, 11) is 0. The van der Waals surface area contributed by atoms with E-state index in [1.165, 1.54) is 12.8 Å². The minimum absolute atomic E-state index is 0.0867. The van der Waals surface area contributed by atoms with Gasteiger partial charge in [-0.2, -0.15) is 0 Å². The minimum Gasteiger partial charge on any atom is -0.378 e. The van der Waals surface area contributed by atoms with Gasteiger partial charge in [0, 0.05) is 31.7 Å². The predicted molar refractivity (Wildman–Crippen MR) is 73.9 cm³/mol. The third-order valence-electron chi connectivity index (χ3n) is 4.75. The van der Waals surface area contributed by atoms with Crippen LogP contribution in [-0.4, -0.2) is 48.7 Å². The van der Waals surface area contributed by atoms with E-state index in [9.17, 15) is 4.79 Å². The Morgan fingerprint density at radius 3 is 2.89 bits per heavy atom. The van der Waals surface area contributed by atoms with E-state index in [4.69, 9.17) is 4.74 Å². The predicted octanol–water partition coefficient (Wildman–Crippen LogP) is 1.54. The van der Waals surface area contributed by atoms with Crippen molar-refractivity contribution in [2.24, 2.45) is 5.92 Å². The fraction of sp³-hybridized carbons (Fsp3) is 0.933. The molecule has 108 valence electrons. The zero-order valence-electron chi connectivity index (χ0n) is 11.9. The molecule has 4 nitrogen and oxygen atoms in total. The van der Waals surface area contributed by atoms with Gasteiger partial charge in [0.1, 0.15) is 0 Å². The highest BCUT2D eigenvalue weighted by atomic mass is 16.5. The summed E-state index contributed by atoms with van der Waals surface area (Å²) in [4.78, 5) is 14.6. The van der Waals surface area contributed by atoms with Gasteiger partial charge in [-0.05, 0) is 38.5 Å². The van der Waals surface area contributed by atoms with Crippen LogP contribution in [0.4, 0.5) is 0 Å². The van der Waals surface area contributed by atoms with Gasteiger partial charge < -0.3 is 15.0 Å². The SMILES string of the molecule is CCC1OCCC1CN1CCCC(NC2CC2)C1=O. The van der Waals surface area contributed by atoms with Crippen molar-refractivity contribution in [3.63, 3.8) is 0 Å². The number of amides is 1. The third kappa shape index (κ3) is 3.11. The number of piperidine rings is 1. The average Bonchev–Trinajstić information content (AvgIpc) is 3.11. The summed E-state index contributed by atoms with van der Waals surface area (Å²) in [6.07, 6.45) is 7.20. The van der Waals surface area contributed by atoms with Crippen molar-refractivity contribution in [1.82, 2.24) is 10.2 Å². The van der Waals surface area contributed by atoms with Crippen LogP contribution in [0.15, 0.2) is 0 Å². The molecule has 0 aromatic heterocycles. The normalized spacial score (nSPS) is 35.9. The quantitative estimate of drug-likeness (QED) is 0.821. The Labute approximate surface area is 115 Å². The molecule has 1 aliphatic carbocycles. The first-order valence-corrected chi connectivity index (χ1v) is 7.94. The number of carbonyl (C=O) groups excluding carboxylic acids is 1. The summed E-state index contributed by atoms with van der Waals surface area (Å²) in [6, 6.07) is 0.704. The molecule has 3 atom stereocenters. The molecule has 3 rings (SSSR count). The molecule has 0 spiro atoms. The summed E-state index contributed by atoms with van der Waals surface area (Å²) in [5.74, 6) is 0.883. The number of hydrogen-bond donors (Lipinski definition) is 1. The van der Waals surface area contributed by atoms with Crippen molar-refractivity contribution in [1.29, 1.82) is 0 Å². The Kier molecular flexibility index (Phi) is 4.08. The van der Waals surface area contributed by atoms with Crippen molar-refractivity contribution in [2.75, 3.05) is 19.7 Å². The highest BCUT2D eigenvalue weighted by Gasteiger charge is 2.36. The van der Waals surface area contributed by atoms with Crippen LogP contribution in [0.1, 0.15) is 45.4 Å². The van der Waals surface area contributed by atoms with Gasteiger partial charge in [0.05, 0.1) is 12.1 Å². The van der Waals surface area contributed by atoms with E-state index in [2.05, 4.69) is 17.1 Å². The molecule has 3 unspecified atom stereocenters. The number of carbonyl (C=O) groups is 1. The van der Waals surface area contributed by atoms with Crippen molar-refractivity contribution in [3.05, 3.63) is 0 Å². The van der Waals surface area contributed by atoms with E-state index in [0.717, 1.165) is 45.4 Å². The van der Waals surface area contributed by atoms with Gasteiger partial charge in [0.25, 0.3) is 0 Å². The van der Waals surface area contributed by atoms with Gasteiger partial charge >= 0.3 is 0 Å². The van der Waals surface area contributed by atoms with E-state index >= 15 is 0 Å². The number of ether oxygens (including phenoxy) is 1. The van der Waals surface area contributed by atoms with Crippen LogP contribution >= 0.6 is 0 Å². The fourth-order valence-electron chi connectivity index (χ4n) is 3.45. The van der Waals surface area contributed by atoms with Crippen LogP contribution in [0.25, 0.3) is 0 Å². The number of rotatable bonds is 5. The molecular formula is C15H26N2O2. The molecular weight excluding hydrogens is 240 g/mol. The Morgan fingerprint density at radius 2 is 2.16 bits per heavy atom. The van der Waals surface area contributed by atoms with E-state index < -0.39 is 0 Å². The molecule has 2 saturated heterocycles. The van der Waals surface area contributed by atoms with E-state index in [1.807, 2.05) is 0 Å². The summed E-state index contributed by atoms with van der Waals surface area (Å²) >= 11 is 0. The van der Waals surface area contributed by atoms with Gasteiger partial charge in [-0.1, -0.05) is 6.92 Å². The number of nitrogens with zero attached hydrogens (tertiary/aromatic N) is 1. The Hall–Kier alpha value is -0.610. The van der Waals surface area contributed by atoms with E-state index in [1.54, 1.807) is 0 Å². The topological polar surface area (TPSA) is 41.6 Å². The van der Waals surface area contributed by atoms with E-state index in [0.29, 0.717) is 24.0 Å². The summed E-state index contributed by atoms with van der Waals surface area (Å²) in [6.45, 7) is 4.89. The highest BCUT2D eigenvalue weighted by molar-refractivity contribution is 5.82. The summed E-state index contributed by atoms with van der Waals surface area (Å²) < 4.78 is 5.74. The first-order valence-electron chi connectivity index (χ1n) is 7.94. The molecule has 0 radical (unpaired) electrons. The second-order valence-corrected chi connectivity index (χ2v) is 6.29. The van der Waals surface area contributed by atoms with Crippen molar-refractivity contribution >= 4 is 5.91 Å². The molecule has 1 saturated carbocycles. The van der Waals surface area contributed by atoms with Crippen LogP contribution in [0.2, 0.25) is 0 Å². The molecule has 0 aromatic carbocycles. The lowest BCUT2D eigenvalue weighted by Crippen LogP contribution is -2.52. The summed E-state index contributed by atoms with van der Waals surface area (Å²) in [5.41, 5.74) is 0. The molecule has 0 aromatic rings. The lowest BCUT2D eigenvalue weighted by atomic mass is 9.96. The maximum Gasteiger partial charge on any atom is 0.239 e. The first kappa shape index (κ1) is 13.4. The van der Waals surface area contributed by atoms with Crippen molar-refractivity contribution in [3.8, 4) is 0 Å². The monoisotopic (exact) mass is 266 g/mol. The Balaban J connectivity index is 1.55. The van der Waals surface area contributed by atoms with Gasteiger partial charge in [-0.3, -0.25) is 4.79 Å². The van der Waals surface area contributed by atoms with Gasteiger partial charge in [0.15, 0.2) is 0 Å². The maximum atomic E-state index is 12.5. The summed E-state index contributed by atoms with van der Waals surface area (Å²) in [5, 5.41) is 3.50. The molecule has 4 heteroatoms. The second kappa shape index (κ2) is 5.80. The maximum absolute atomic E-state index is 12.5. The molecule has 3 fully saturated rings. The third-order valence-corrected chi connectivity index (χ3v) is 4.75. The fourth-order valence-corrected chi connectivity index (χ4v) is 3.45. The van der Waals surface area contributed by atoms with Crippen LogP contribution in [0, 0.1) is 5.92 Å². The zero-order valence-corrected chi connectivity index (χ0v) is 11.9. The van der Waals surface area contributed by atoms with Crippen LogP contribution in [0.3, 0.4) is 0 Å². The molecule has 3 aliphatic rings. The Morgan fingerprint density at radius 1 is 1.32 bits per heavy atom. The minimum atomic E-state index is 0.0867. The van der Waals surface area contributed by atoms with Crippen LogP contribution in [0.5, 0.6) is 0 Å².